The summed E-state index contributed by atoms with van der Waals surface area (Å²) in [4.78, 5) is 42.9. The van der Waals surface area contributed by atoms with Crippen LogP contribution in [0.1, 0.15) is 76.1 Å². The standard InChI is InChI=1S/C33H52N4O7/c1-23(2)36(31(39)25-9-12-29(42-5)30(17-25)43-16-8-15-41-4)20-26-18-34-19-27(26)21-37(28-10-11-28)32(40)44-22-33(35-24(3)38)13-6-7-14-33/h9,12,17,23,26-28,34H,6-8,10-11,13-16,18-22H2,1-5H3,(H,35,38)/t26-,27+/m1/s1. The normalized spacial score (nSPS) is 20.8. The molecule has 11 heteroatoms. The van der Waals surface area contributed by atoms with Gasteiger partial charge in [0, 0.05) is 70.9 Å². The van der Waals surface area contributed by atoms with Gasteiger partial charge in [-0.3, -0.25) is 9.59 Å². The Balaban J connectivity index is 1.40. The number of nitrogens with one attached hydrogen (secondary N) is 2. The molecule has 3 fully saturated rings. The van der Waals surface area contributed by atoms with Crippen LogP contribution in [-0.2, 0) is 14.3 Å². The Labute approximate surface area is 262 Å². The van der Waals surface area contributed by atoms with E-state index in [0.29, 0.717) is 43.4 Å². The van der Waals surface area contributed by atoms with Crippen LogP contribution in [0.4, 0.5) is 4.79 Å². The number of carbonyl (C=O) groups is 3. The van der Waals surface area contributed by atoms with Crippen molar-refractivity contribution in [3.8, 4) is 11.5 Å². The maximum atomic E-state index is 13.8. The van der Waals surface area contributed by atoms with Gasteiger partial charge in [-0.25, -0.2) is 4.79 Å². The largest absolute Gasteiger partial charge is 0.493 e. The summed E-state index contributed by atoms with van der Waals surface area (Å²) in [6.07, 6.45) is 6.06. The summed E-state index contributed by atoms with van der Waals surface area (Å²) in [6.45, 7) is 9.53. The molecule has 4 rings (SSSR count). The first-order valence-corrected chi connectivity index (χ1v) is 16.2. The average molecular weight is 617 g/mol. The minimum absolute atomic E-state index is 0.0159. The molecule has 1 aromatic rings. The van der Waals surface area contributed by atoms with Crippen LogP contribution >= 0.6 is 0 Å². The Hall–Kier alpha value is -3.05. The predicted molar refractivity (Wildman–Crippen MR) is 167 cm³/mol. The van der Waals surface area contributed by atoms with Gasteiger partial charge in [0.1, 0.15) is 6.61 Å². The molecule has 44 heavy (non-hydrogen) atoms. The Kier molecular flexibility index (Phi) is 12.1. The van der Waals surface area contributed by atoms with Crippen molar-refractivity contribution in [2.24, 2.45) is 11.8 Å². The van der Waals surface area contributed by atoms with Crippen molar-refractivity contribution in [1.82, 2.24) is 20.4 Å². The van der Waals surface area contributed by atoms with E-state index in [1.165, 1.54) is 6.92 Å². The number of hydrogen-bond acceptors (Lipinski definition) is 8. The molecule has 3 aliphatic rings. The van der Waals surface area contributed by atoms with Crippen LogP contribution in [0.2, 0.25) is 0 Å². The minimum atomic E-state index is -0.456. The summed E-state index contributed by atoms with van der Waals surface area (Å²) in [6, 6.07) is 5.49. The van der Waals surface area contributed by atoms with Crippen LogP contribution in [0.25, 0.3) is 0 Å². The van der Waals surface area contributed by atoms with Crippen LogP contribution in [0.5, 0.6) is 11.5 Å². The van der Waals surface area contributed by atoms with E-state index < -0.39 is 5.54 Å². The first kappa shape index (κ1) is 33.8. The van der Waals surface area contributed by atoms with Crippen molar-refractivity contribution in [2.75, 3.05) is 60.2 Å². The van der Waals surface area contributed by atoms with Crippen molar-refractivity contribution in [3.05, 3.63) is 23.8 Å². The van der Waals surface area contributed by atoms with Crippen LogP contribution in [0.3, 0.4) is 0 Å². The zero-order chi connectivity index (χ0) is 31.7. The molecular formula is C33H52N4O7. The number of ether oxygens (including phenoxy) is 4. The highest BCUT2D eigenvalue weighted by Gasteiger charge is 2.41. The fourth-order valence-electron chi connectivity index (χ4n) is 6.49. The number of hydrogen-bond donors (Lipinski definition) is 2. The van der Waals surface area contributed by atoms with E-state index in [9.17, 15) is 14.4 Å². The molecule has 2 atom stereocenters. The lowest BCUT2D eigenvalue weighted by molar-refractivity contribution is -0.121. The van der Waals surface area contributed by atoms with Crippen molar-refractivity contribution < 1.29 is 33.3 Å². The van der Waals surface area contributed by atoms with Gasteiger partial charge in [0.2, 0.25) is 5.91 Å². The van der Waals surface area contributed by atoms with Gasteiger partial charge in [0.15, 0.2) is 11.5 Å². The minimum Gasteiger partial charge on any atom is -0.493 e. The Bertz CT molecular complexity index is 1120. The third kappa shape index (κ3) is 9.00. The molecule has 0 aromatic heterocycles. The maximum Gasteiger partial charge on any atom is 0.410 e. The lowest BCUT2D eigenvalue weighted by Gasteiger charge is -2.34. The van der Waals surface area contributed by atoms with Gasteiger partial charge in [0.25, 0.3) is 5.91 Å². The lowest BCUT2D eigenvalue weighted by Crippen LogP contribution is -2.51. The molecule has 3 amide bonds. The fraction of sp³-hybridized carbons (Fsp3) is 0.727. The molecule has 1 heterocycles. The second kappa shape index (κ2) is 15.8. The molecule has 0 unspecified atom stereocenters. The van der Waals surface area contributed by atoms with Crippen LogP contribution in [0, 0.1) is 11.8 Å². The van der Waals surface area contributed by atoms with E-state index >= 15 is 0 Å². The number of benzene rings is 1. The zero-order valence-electron chi connectivity index (χ0n) is 27.2. The van der Waals surface area contributed by atoms with Gasteiger partial charge in [-0.05, 0) is 69.6 Å². The lowest BCUT2D eigenvalue weighted by atomic mass is 9.94. The van der Waals surface area contributed by atoms with Gasteiger partial charge >= 0.3 is 6.09 Å². The van der Waals surface area contributed by atoms with Gasteiger partial charge in [-0.2, -0.15) is 0 Å². The summed E-state index contributed by atoms with van der Waals surface area (Å²) in [7, 11) is 3.24. The number of amides is 3. The van der Waals surface area contributed by atoms with Crippen LogP contribution in [-0.4, -0.2) is 106 Å². The fourth-order valence-corrected chi connectivity index (χ4v) is 6.49. The molecule has 1 aromatic carbocycles. The van der Waals surface area contributed by atoms with Gasteiger partial charge in [-0.15, -0.1) is 0 Å². The van der Waals surface area contributed by atoms with Gasteiger partial charge in [-0.1, -0.05) is 12.8 Å². The first-order valence-electron chi connectivity index (χ1n) is 16.2. The second-order valence-corrected chi connectivity index (χ2v) is 12.9. The highest BCUT2D eigenvalue weighted by molar-refractivity contribution is 5.95. The molecule has 0 spiro atoms. The number of carbonyl (C=O) groups excluding carboxylic acids is 3. The van der Waals surface area contributed by atoms with E-state index in [-0.39, 0.29) is 48.4 Å². The Morgan fingerprint density at radius 3 is 2.34 bits per heavy atom. The van der Waals surface area contributed by atoms with E-state index in [0.717, 1.165) is 58.0 Å². The summed E-state index contributed by atoms with van der Waals surface area (Å²) < 4.78 is 22.4. The van der Waals surface area contributed by atoms with Crippen LogP contribution < -0.4 is 20.1 Å². The van der Waals surface area contributed by atoms with Crippen molar-refractivity contribution in [2.45, 2.75) is 83.3 Å². The SMILES string of the molecule is COCCCOc1cc(C(=O)N(C[C@H]2CNC[C@H]2CN(C(=O)OCC2(NC(C)=O)CCCC2)C2CC2)C(C)C)ccc1OC. The van der Waals surface area contributed by atoms with Crippen molar-refractivity contribution in [3.63, 3.8) is 0 Å². The van der Waals surface area contributed by atoms with Gasteiger partial charge < -0.3 is 39.4 Å². The molecule has 1 saturated heterocycles. The van der Waals surface area contributed by atoms with E-state index in [2.05, 4.69) is 10.6 Å². The summed E-state index contributed by atoms with van der Waals surface area (Å²) >= 11 is 0. The molecule has 2 saturated carbocycles. The highest BCUT2D eigenvalue weighted by atomic mass is 16.6. The molecule has 11 nitrogen and oxygen atoms in total. The first-order chi connectivity index (χ1) is 21.2. The van der Waals surface area contributed by atoms with Crippen LogP contribution in [0.15, 0.2) is 18.2 Å². The molecule has 0 radical (unpaired) electrons. The summed E-state index contributed by atoms with van der Waals surface area (Å²) in [5.74, 6) is 1.33. The van der Waals surface area contributed by atoms with E-state index in [1.54, 1.807) is 32.4 Å². The summed E-state index contributed by atoms with van der Waals surface area (Å²) in [5, 5.41) is 6.55. The number of nitrogens with zero attached hydrogens (tertiary/aromatic N) is 2. The number of methoxy groups -OCH3 is 2. The average Bonchev–Trinajstić information content (AvgIpc) is 3.58. The third-order valence-corrected chi connectivity index (χ3v) is 9.08. The molecule has 246 valence electrons. The molecule has 1 aliphatic heterocycles. The monoisotopic (exact) mass is 616 g/mol. The molecule has 2 aliphatic carbocycles. The predicted octanol–water partition coefficient (Wildman–Crippen LogP) is 3.85. The Morgan fingerprint density at radius 2 is 1.73 bits per heavy atom. The second-order valence-electron chi connectivity index (χ2n) is 12.9. The third-order valence-electron chi connectivity index (χ3n) is 9.08. The maximum absolute atomic E-state index is 13.8. The van der Waals surface area contributed by atoms with E-state index in [4.69, 9.17) is 18.9 Å². The Morgan fingerprint density at radius 1 is 1.02 bits per heavy atom. The molecular weight excluding hydrogens is 564 g/mol. The van der Waals surface area contributed by atoms with Crippen molar-refractivity contribution >= 4 is 17.9 Å². The van der Waals surface area contributed by atoms with E-state index in [1.807, 2.05) is 23.6 Å². The molecule has 2 N–H and O–H groups in total. The quantitative estimate of drug-likeness (QED) is 0.269. The van der Waals surface area contributed by atoms with Crippen molar-refractivity contribution in [1.29, 1.82) is 0 Å². The van der Waals surface area contributed by atoms with Gasteiger partial charge in [0.05, 0.1) is 19.3 Å². The highest BCUT2D eigenvalue weighted by Crippen LogP contribution is 2.34. The number of rotatable bonds is 16. The smallest absolute Gasteiger partial charge is 0.410 e. The summed E-state index contributed by atoms with van der Waals surface area (Å²) in [5.41, 5.74) is 0.0923. The molecule has 0 bridgehead atoms. The zero-order valence-corrected chi connectivity index (χ0v) is 27.2. The topological polar surface area (TPSA) is 119 Å².